The summed E-state index contributed by atoms with van der Waals surface area (Å²) in [5, 5.41) is 0. The number of rotatable bonds is 4. The molecule has 0 radical (unpaired) electrons. The Morgan fingerprint density at radius 1 is 1.21 bits per heavy atom. The highest BCUT2D eigenvalue weighted by Crippen LogP contribution is 2.26. The van der Waals surface area contributed by atoms with Crippen molar-refractivity contribution >= 4 is 23.2 Å². The fourth-order valence-electron chi connectivity index (χ4n) is 0.873. The second-order valence-corrected chi connectivity index (χ2v) is 4.37. The Balaban J connectivity index is 2.49. The molecule has 0 aromatic heterocycles. The zero-order valence-electron chi connectivity index (χ0n) is 8.21. The molecule has 0 saturated heterocycles. The van der Waals surface area contributed by atoms with Gasteiger partial charge in [-0.15, -0.1) is 0 Å². The molecule has 1 rings (SSSR count). The van der Waals surface area contributed by atoms with Crippen LogP contribution in [0.1, 0.15) is 5.56 Å². The van der Waals surface area contributed by atoms with E-state index in [9.17, 15) is 0 Å². The second-order valence-electron chi connectivity index (χ2n) is 3.15. The fourth-order valence-corrected chi connectivity index (χ4v) is 0.983. The molecule has 0 unspecified atom stereocenters. The van der Waals surface area contributed by atoms with Gasteiger partial charge in [-0.05, 0) is 19.7 Å². The van der Waals surface area contributed by atoms with Crippen LogP contribution in [0.15, 0.2) is 30.3 Å². The summed E-state index contributed by atoms with van der Waals surface area (Å²) in [6.07, 6.45) is 0. The van der Waals surface area contributed by atoms with Crippen molar-refractivity contribution in [3.8, 4) is 0 Å². The van der Waals surface area contributed by atoms with Gasteiger partial charge in [0.15, 0.2) is 0 Å². The van der Waals surface area contributed by atoms with E-state index in [4.69, 9.17) is 27.9 Å². The third-order valence-corrected chi connectivity index (χ3v) is 2.67. The lowest BCUT2D eigenvalue weighted by atomic mass is 10.2. The van der Waals surface area contributed by atoms with Crippen molar-refractivity contribution in [2.24, 2.45) is 0 Å². The fraction of sp³-hybridized carbons (Fsp3) is 0.400. The number of alkyl halides is 2. The van der Waals surface area contributed by atoms with E-state index in [0.717, 1.165) is 5.56 Å². The Kier molecular flexibility index (Phi) is 4.20. The van der Waals surface area contributed by atoms with Crippen molar-refractivity contribution in [2.75, 3.05) is 14.1 Å². The Bertz CT molecular complexity index is 275. The third-order valence-electron chi connectivity index (χ3n) is 1.78. The molecule has 0 atom stereocenters. The quantitative estimate of drug-likeness (QED) is 0.451. The normalized spacial score (nSPS) is 12.1. The van der Waals surface area contributed by atoms with Crippen LogP contribution in [-0.2, 0) is 11.3 Å². The van der Waals surface area contributed by atoms with Crippen LogP contribution in [0.2, 0.25) is 0 Å². The van der Waals surface area contributed by atoms with Crippen LogP contribution in [0.25, 0.3) is 0 Å². The number of hydrogen-bond acceptors (Lipinski definition) is 2. The maximum Gasteiger partial charge on any atom is 0.279 e. The molecule has 0 spiro atoms. The van der Waals surface area contributed by atoms with E-state index in [2.05, 4.69) is 0 Å². The van der Waals surface area contributed by atoms with Crippen LogP contribution in [0.3, 0.4) is 0 Å². The average Bonchev–Trinajstić information content (AvgIpc) is 2.16. The highest BCUT2D eigenvalue weighted by atomic mass is 35.5. The lowest BCUT2D eigenvalue weighted by Gasteiger charge is -2.26. The van der Waals surface area contributed by atoms with Crippen molar-refractivity contribution in [3.05, 3.63) is 35.9 Å². The topological polar surface area (TPSA) is 12.5 Å². The molecule has 0 heterocycles. The summed E-state index contributed by atoms with van der Waals surface area (Å²) in [6, 6.07) is 9.75. The molecular weight excluding hydrogens is 221 g/mol. The van der Waals surface area contributed by atoms with Gasteiger partial charge in [0.1, 0.15) is 0 Å². The van der Waals surface area contributed by atoms with E-state index in [1.807, 2.05) is 30.3 Å². The summed E-state index contributed by atoms with van der Waals surface area (Å²) >= 11 is 11.8. The molecule has 1 aromatic rings. The minimum atomic E-state index is -1.27. The number of hydrogen-bond donors (Lipinski definition) is 0. The van der Waals surface area contributed by atoms with Gasteiger partial charge in [-0.25, -0.2) is 0 Å². The summed E-state index contributed by atoms with van der Waals surface area (Å²) in [5.41, 5.74) is 1.04. The maximum absolute atomic E-state index is 5.89. The van der Waals surface area contributed by atoms with E-state index in [1.54, 1.807) is 19.0 Å². The maximum atomic E-state index is 5.89. The number of ether oxygens (including phenoxy) is 1. The molecule has 0 N–H and O–H groups in total. The van der Waals surface area contributed by atoms with E-state index in [-0.39, 0.29) is 0 Å². The van der Waals surface area contributed by atoms with Gasteiger partial charge in [0.25, 0.3) is 4.64 Å². The zero-order chi connectivity index (χ0) is 10.6. The highest BCUT2D eigenvalue weighted by Gasteiger charge is 2.27. The van der Waals surface area contributed by atoms with E-state index < -0.39 is 4.64 Å². The summed E-state index contributed by atoms with van der Waals surface area (Å²) in [6.45, 7) is 0.395. The smallest absolute Gasteiger partial charge is 0.279 e. The summed E-state index contributed by atoms with van der Waals surface area (Å²) < 4.78 is 4.07. The minimum absolute atomic E-state index is 0.395. The number of nitrogens with zero attached hydrogens (tertiary/aromatic N) is 1. The first-order valence-electron chi connectivity index (χ1n) is 4.25. The predicted octanol–water partition coefficient (Wildman–Crippen LogP) is 2.85. The van der Waals surface area contributed by atoms with Crippen LogP contribution in [0.5, 0.6) is 0 Å². The van der Waals surface area contributed by atoms with Gasteiger partial charge in [-0.3, -0.25) is 4.90 Å². The molecule has 0 aliphatic rings. The first-order chi connectivity index (χ1) is 6.52. The second kappa shape index (κ2) is 4.99. The standard InChI is InChI=1S/C10H13Cl2NO/c1-13(2)10(11,12)14-8-9-6-4-3-5-7-9/h3-7H,8H2,1-2H3. The molecule has 2 nitrogen and oxygen atoms in total. The Morgan fingerprint density at radius 3 is 2.29 bits per heavy atom. The van der Waals surface area contributed by atoms with Crippen LogP contribution < -0.4 is 0 Å². The summed E-state index contributed by atoms with van der Waals surface area (Å²) in [4.78, 5) is 1.60. The van der Waals surface area contributed by atoms with Gasteiger partial charge in [-0.2, -0.15) is 0 Å². The first-order valence-corrected chi connectivity index (χ1v) is 5.01. The van der Waals surface area contributed by atoms with Gasteiger partial charge in [0.2, 0.25) is 0 Å². The summed E-state index contributed by atoms with van der Waals surface area (Å²) in [7, 11) is 3.51. The van der Waals surface area contributed by atoms with Gasteiger partial charge in [0.05, 0.1) is 6.61 Å². The molecule has 1 aromatic carbocycles. The Hall–Kier alpha value is -0.280. The molecule has 0 saturated carbocycles. The van der Waals surface area contributed by atoms with Gasteiger partial charge < -0.3 is 4.74 Å². The van der Waals surface area contributed by atoms with Gasteiger partial charge >= 0.3 is 0 Å². The van der Waals surface area contributed by atoms with Crippen molar-refractivity contribution in [2.45, 2.75) is 11.3 Å². The van der Waals surface area contributed by atoms with Gasteiger partial charge in [-0.1, -0.05) is 53.5 Å². The molecule has 4 heteroatoms. The monoisotopic (exact) mass is 233 g/mol. The van der Waals surface area contributed by atoms with E-state index in [0.29, 0.717) is 6.61 Å². The summed E-state index contributed by atoms with van der Waals surface area (Å²) in [5.74, 6) is 0. The average molecular weight is 234 g/mol. The van der Waals surface area contributed by atoms with Gasteiger partial charge in [0, 0.05) is 0 Å². The van der Waals surface area contributed by atoms with Crippen molar-refractivity contribution in [1.29, 1.82) is 0 Å². The highest BCUT2D eigenvalue weighted by molar-refractivity contribution is 6.46. The first kappa shape index (κ1) is 11.8. The number of benzene rings is 1. The van der Waals surface area contributed by atoms with Crippen molar-refractivity contribution < 1.29 is 4.74 Å². The largest absolute Gasteiger partial charge is 0.330 e. The SMILES string of the molecule is CN(C)C(Cl)(Cl)OCc1ccccc1. The van der Waals surface area contributed by atoms with Crippen LogP contribution in [0, 0.1) is 0 Å². The van der Waals surface area contributed by atoms with E-state index in [1.165, 1.54) is 0 Å². The van der Waals surface area contributed by atoms with Crippen LogP contribution in [-0.4, -0.2) is 23.6 Å². The molecule has 0 aliphatic carbocycles. The lowest BCUT2D eigenvalue weighted by molar-refractivity contribution is -0.0217. The molecule has 0 aliphatic heterocycles. The molecule has 14 heavy (non-hydrogen) atoms. The third kappa shape index (κ3) is 3.46. The lowest BCUT2D eigenvalue weighted by Crippen LogP contribution is -2.35. The molecule has 78 valence electrons. The van der Waals surface area contributed by atoms with E-state index >= 15 is 0 Å². The molecule has 0 fully saturated rings. The molecular formula is C10H13Cl2NO. The zero-order valence-corrected chi connectivity index (χ0v) is 9.72. The minimum Gasteiger partial charge on any atom is -0.330 e. The predicted molar refractivity (Wildman–Crippen MR) is 59.4 cm³/mol. The van der Waals surface area contributed by atoms with Crippen LogP contribution >= 0.6 is 23.2 Å². The van der Waals surface area contributed by atoms with Crippen molar-refractivity contribution in [3.63, 3.8) is 0 Å². The van der Waals surface area contributed by atoms with Crippen molar-refractivity contribution in [1.82, 2.24) is 4.90 Å². The Morgan fingerprint density at radius 2 is 1.79 bits per heavy atom. The number of halogens is 2. The molecule has 0 bridgehead atoms. The van der Waals surface area contributed by atoms with Crippen LogP contribution in [0.4, 0.5) is 0 Å². The molecule has 0 amide bonds. The Labute approximate surface area is 94.4 Å².